The van der Waals surface area contributed by atoms with Crippen LogP contribution in [-0.4, -0.2) is 70.4 Å². The third kappa shape index (κ3) is 4.76. The molecular weight excluding hydrogens is 344 g/mol. The highest BCUT2D eigenvalue weighted by molar-refractivity contribution is 9.09. The van der Waals surface area contributed by atoms with Crippen LogP contribution in [0.1, 0.15) is 46.0 Å². The van der Waals surface area contributed by atoms with Gasteiger partial charge in [0.2, 0.25) is 0 Å². The molecule has 6 nitrogen and oxygen atoms in total. The van der Waals surface area contributed by atoms with Gasteiger partial charge >= 0.3 is 0 Å². The van der Waals surface area contributed by atoms with Crippen molar-refractivity contribution in [2.75, 3.05) is 31.8 Å². The molecule has 126 valence electrons. The average Bonchev–Trinajstić information content (AvgIpc) is 3.18. The lowest BCUT2D eigenvalue weighted by Crippen LogP contribution is -2.46. The maximum absolute atomic E-state index is 4.60. The highest BCUT2D eigenvalue weighted by Crippen LogP contribution is 2.19. The van der Waals surface area contributed by atoms with Crippen LogP contribution in [0.15, 0.2) is 10.2 Å². The van der Waals surface area contributed by atoms with Gasteiger partial charge in [-0.25, -0.2) is 0 Å². The molecule has 0 aromatic rings. The average molecular weight is 373 g/mol. The van der Waals surface area contributed by atoms with Crippen LogP contribution < -0.4 is 0 Å². The Labute approximate surface area is 142 Å². The standard InChI is InChI=1S/C15H29BrN6/c1-3-5-9-19-11-17-21(13-19)15(7-8-16)22-14-20(12-18-22)10-6-4-2/h11-12,15H,3-10,13-14H2,1-2H3. The summed E-state index contributed by atoms with van der Waals surface area (Å²) in [5.41, 5.74) is 0. The van der Waals surface area contributed by atoms with Gasteiger partial charge in [-0.1, -0.05) is 42.6 Å². The Balaban J connectivity index is 1.86. The van der Waals surface area contributed by atoms with Crippen molar-refractivity contribution in [3.8, 4) is 0 Å². The van der Waals surface area contributed by atoms with Crippen molar-refractivity contribution in [1.82, 2.24) is 19.8 Å². The molecule has 0 aromatic carbocycles. The molecule has 0 saturated carbocycles. The van der Waals surface area contributed by atoms with Crippen molar-refractivity contribution < 1.29 is 0 Å². The third-order valence-electron chi connectivity index (χ3n) is 4.03. The van der Waals surface area contributed by atoms with Crippen LogP contribution in [0.2, 0.25) is 0 Å². The van der Waals surface area contributed by atoms with E-state index in [-0.39, 0.29) is 6.17 Å². The number of halogens is 1. The van der Waals surface area contributed by atoms with E-state index >= 15 is 0 Å². The summed E-state index contributed by atoms with van der Waals surface area (Å²) in [6, 6.07) is 0. The fraction of sp³-hybridized carbons (Fsp3) is 0.867. The van der Waals surface area contributed by atoms with Gasteiger partial charge in [-0.3, -0.25) is 10.0 Å². The minimum absolute atomic E-state index is 0.227. The first-order chi connectivity index (χ1) is 10.8. The van der Waals surface area contributed by atoms with Crippen molar-refractivity contribution in [3.63, 3.8) is 0 Å². The Kier molecular flexibility index (Phi) is 7.29. The second-order valence-electron chi connectivity index (χ2n) is 5.91. The number of hydrogen-bond donors (Lipinski definition) is 0. The molecule has 22 heavy (non-hydrogen) atoms. The molecule has 2 rings (SSSR count). The minimum atomic E-state index is 0.227. The molecule has 0 atom stereocenters. The summed E-state index contributed by atoms with van der Waals surface area (Å²) in [4.78, 5) is 4.58. The Morgan fingerprint density at radius 1 is 0.955 bits per heavy atom. The van der Waals surface area contributed by atoms with Crippen LogP contribution in [0, 0.1) is 0 Å². The molecule has 0 saturated heterocycles. The zero-order chi connectivity index (χ0) is 15.8. The Bertz CT molecular complexity index is 343. The van der Waals surface area contributed by atoms with Crippen LogP contribution in [0.5, 0.6) is 0 Å². The van der Waals surface area contributed by atoms with Crippen molar-refractivity contribution in [2.45, 2.75) is 52.1 Å². The zero-order valence-electron chi connectivity index (χ0n) is 13.9. The first-order valence-electron chi connectivity index (χ1n) is 8.44. The number of hydrogen-bond acceptors (Lipinski definition) is 6. The summed E-state index contributed by atoms with van der Waals surface area (Å²) < 4.78 is 0. The second-order valence-corrected chi connectivity index (χ2v) is 6.71. The predicted octanol–water partition coefficient (Wildman–Crippen LogP) is 2.73. The number of unbranched alkanes of at least 4 members (excludes halogenated alkanes) is 2. The molecule has 0 N–H and O–H groups in total. The van der Waals surface area contributed by atoms with Crippen LogP contribution in [0.25, 0.3) is 0 Å². The van der Waals surface area contributed by atoms with Crippen LogP contribution >= 0.6 is 15.9 Å². The summed E-state index contributed by atoms with van der Waals surface area (Å²) in [6.07, 6.45) is 10.1. The van der Waals surface area contributed by atoms with Crippen molar-refractivity contribution >= 4 is 28.6 Å². The summed E-state index contributed by atoms with van der Waals surface area (Å²) in [7, 11) is 0. The molecule has 2 heterocycles. The molecule has 0 aromatic heterocycles. The van der Waals surface area contributed by atoms with E-state index in [4.69, 9.17) is 0 Å². The highest BCUT2D eigenvalue weighted by atomic mass is 79.9. The van der Waals surface area contributed by atoms with Gasteiger partial charge in [0.15, 0.2) is 0 Å². The van der Waals surface area contributed by atoms with Crippen molar-refractivity contribution in [2.24, 2.45) is 10.2 Å². The lowest BCUT2D eigenvalue weighted by Gasteiger charge is -2.33. The van der Waals surface area contributed by atoms with Gasteiger partial charge in [0, 0.05) is 18.4 Å². The van der Waals surface area contributed by atoms with Crippen molar-refractivity contribution in [1.29, 1.82) is 0 Å². The first kappa shape index (κ1) is 17.4. The molecule has 2 aliphatic heterocycles. The predicted molar refractivity (Wildman–Crippen MR) is 95.8 cm³/mol. The first-order valence-corrected chi connectivity index (χ1v) is 9.56. The lowest BCUT2D eigenvalue weighted by molar-refractivity contribution is 0.0252. The van der Waals surface area contributed by atoms with E-state index < -0.39 is 0 Å². The van der Waals surface area contributed by atoms with Gasteiger partial charge < -0.3 is 9.80 Å². The van der Waals surface area contributed by atoms with Gasteiger partial charge in [0.25, 0.3) is 0 Å². The molecule has 0 unspecified atom stereocenters. The lowest BCUT2D eigenvalue weighted by atomic mass is 10.3. The quantitative estimate of drug-likeness (QED) is 0.552. The normalized spacial score (nSPS) is 17.6. The highest BCUT2D eigenvalue weighted by Gasteiger charge is 2.29. The molecule has 0 radical (unpaired) electrons. The maximum Gasteiger partial charge on any atom is 0.139 e. The summed E-state index contributed by atoms with van der Waals surface area (Å²) in [6.45, 7) is 8.37. The van der Waals surface area contributed by atoms with Gasteiger partial charge in [0.05, 0.1) is 0 Å². The monoisotopic (exact) mass is 372 g/mol. The van der Waals surface area contributed by atoms with E-state index in [0.717, 1.165) is 38.2 Å². The number of hydrazone groups is 2. The number of alkyl halides is 1. The molecule has 0 bridgehead atoms. The largest absolute Gasteiger partial charge is 0.342 e. The molecule has 0 fully saturated rings. The number of nitrogens with zero attached hydrogens (tertiary/aromatic N) is 6. The van der Waals surface area contributed by atoms with Gasteiger partial charge in [-0.15, -0.1) is 0 Å². The van der Waals surface area contributed by atoms with Crippen LogP contribution in [-0.2, 0) is 0 Å². The number of rotatable bonds is 10. The second kappa shape index (κ2) is 9.22. The Morgan fingerprint density at radius 2 is 1.45 bits per heavy atom. The third-order valence-corrected chi connectivity index (χ3v) is 4.49. The SMILES string of the molecule is CCCCN1C=NN(C(CCBr)N2CN(CCCC)C=N2)C1. The summed E-state index contributed by atoms with van der Waals surface area (Å²) in [5, 5.41) is 14.5. The van der Waals surface area contributed by atoms with Gasteiger partial charge in [-0.2, -0.15) is 10.2 Å². The fourth-order valence-corrected chi connectivity index (χ4v) is 3.08. The van der Waals surface area contributed by atoms with E-state index in [1.807, 2.05) is 12.7 Å². The summed E-state index contributed by atoms with van der Waals surface area (Å²) >= 11 is 3.57. The smallest absolute Gasteiger partial charge is 0.139 e. The molecule has 7 heteroatoms. The van der Waals surface area contributed by atoms with Crippen molar-refractivity contribution in [3.05, 3.63) is 0 Å². The van der Waals surface area contributed by atoms with E-state index in [1.54, 1.807) is 0 Å². The maximum atomic E-state index is 4.60. The topological polar surface area (TPSA) is 37.7 Å². The van der Waals surface area contributed by atoms with Gasteiger partial charge in [0.1, 0.15) is 32.2 Å². The molecule has 0 spiro atoms. The molecular formula is C15H29BrN6. The van der Waals surface area contributed by atoms with Crippen LogP contribution in [0.4, 0.5) is 0 Å². The molecule has 2 aliphatic rings. The molecule has 0 amide bonds. The van der Waals surface area contributed by atoms with Crippen LogP contribution in [0.3, 0.4) is 0 Å². The molecule has 0 aliphatic carbocycles. The van der Waals surface area contributed by atoms with E-state index in [0.29, 0.717) is 0 Å². The fourth-order valence-electron chi connectivity index (χ4n) is 2.67. The van der Waals surface area contributed by atoms with Gasteiger partial charge in [-0.05, 0) is 19.3 Å². The Hall–Kier alpha value is -0.980. The minimum Gasteiger partial charge on any atom is -0.342 e. The zero-order valence-corrected chi connectivity index (χ0v) is 15.5. The van der Waals surface area contributed by atoms with E-state index in [2.05, 4.69) is 59.8 Å². The van der Waals surface area contributed by atoms with E-state index in [9.17, 15) is 0 Å². The Morgan fingerprint density at radius 3 is 1.86 bits per heavy atom. The summed E-state index contributed by atoms with van der Waals surface area (Å²) in [5.74, 6) is 0. The van der Waals surface area contributed by atoms with E-state index in [1.165, 1.54) is 25.7 Å².